The summed E-state index contributed by atoms with van der Waals surface area (Å²) in [6.07, 6.45) is 3.71. The van der Waals surface area contributed by atoms with Crippen LogP contribution in [-0.4, -0.2) is 39.7 Å². The van der Waals surface area contributed by atoms with Crippen molar-refractivity contribution in [2.75, 3.05) is 5.32 Å². The maximum Gasteiger partial charge on any atom is 0.319 e. The van der Waals surface area contributed by atoms with E-state index in [4.69, 9.17) is 0 Å². The standard InChI is InChI=1S/C20H19N5O4/c26-17-4-3-16(18(27)24-17)25-11-13-2-1-12(9-15(13)19(25)28)10-22-20(29)23-14-5-7-21-8-6-14/h1-2,5-9,16H,3-4,10-11H2,(H,24,26,27)(H2,21,22,23,29). The molecule has 29 heavy (non-hydrogen) atoms. The van der Waals surface area contributed by atoms with Crippen LogP contribution in [0.25, 0.3) is 0 Å². The van der Waals surface area contributed by atoms with Gasteiger partial charge < -0.3 is 15.5 Å². The highest BCUT2D eigenvalue weighted by atomic mass is 16.2. The highest BCUT2D eigenvalue weighted by molar-refractivity contribution is 6.05. The molecule has 0 radical (unpaired) electrons. The van der Waals surface area contributed by atoms with Crippen LogP contribution in [0.15, 0.2) is 42.7 Å². The van der Waals surface area contributed by atoms with Gasteiger partial charge in [0, 0.05) is 43.2 Å². The smallest absolute Gasteiger partial charge is 0.319 e. The third-order valence-electron chi connectivity index (χ3n) is 4.98. The number of carbonyl (C=O) groups excluding carboxylic acids is 4. The number of hydrogen-bond acceptors (Lipinski definition) is 5. The van der Waals surface area contributed by atoms with Crippen molar-refractivity contribution in [1.29, 1.82) is 0 Å². The molecule has 1 aromatic carbocycles. The van der Waals surface area contributed by atoms with Crippen LogP contribution in [0.2, 0.25) is 0 Å². The van der Waals surface area contributed by atoms with Crippen molar-refractivity contribution >= 4 is 29.4 Å². The predicted molar refractivity (Wildman–Crippen MR) is 103 cm³/mol. The maximum atomic E-state index is 12.8. The predicted octanol–water partition coefficient (Wildman–Crippen LogP) is 1.16. The zero-order chi connectivity index (χ0) is 20.4. The summed E-state index contributed by atoms with van der Waals surface area (Å²) in [7, 11) is 0. The topological polar surface area (TPSA) is 120 Å². The second-order valence-corrected chi connectivity index (χ2v) is 6.94. The molecule has 0 spiro atoms. The zero-order valence-electron chi connectivity index (χ0n) is 15.5. The molecule has 5 amide bonds. The molecule has 1 aromatic heterocycles. The van der Waals surface area contributed by atoms with E-state index in [1.807, 2.05) is 12.1 Å². The molecule has 148 valence electrons. The van der Waals surface area contributed by atoms with Crippen LogP contribution in [0.5, 0.6) is 0 Å². The first-order valence-corrected chi connectivity index (χ1v) is 9.22. The first-order valence-electron chi connectivity index (χ1n) is 9.22. The maximum absolute atomic E-state index is 12.8. The Morgan fingerprint density at radius 3 is 2.72 bits per heavy atom. The number of piperidine rings is 1. The molecule has 2 aromatic rings. The van der Waals surface area contributed by atoms with E-state index in [2.05, 4.69) is 20.9 Å². The lowest BCUT2D eigenvalue weighted by molar-refractivity contribution is -0.136. The Morgan fingerprint density at radius 2 is 1.97 bits per heavy atom. The van der Waals surface area contributed by atoms with Crippen molar-refractivity contribution < 1.29 is 19.2 Å². The summed E-state index contributed by atoms with van der Waals surface area (Å²) in [6, 6.07) is 7.75. The number of carbonyl (C=O) groups is 4. The Kier molecular flexibility index (Phi) is 4.94. The molecule has 2 aliphatic rings. The van der Waals surface area contributed by atoms with Crippen LogP contribution >= 0.6 is 0 Å². The Balaban J connectivity index is 1.39. The number of benzene rings is 1. The van der Waals surface area contributed by atoms with Crippen LogP contribution in [0.3, 0.4) is 0 Å². The van der Waals surface area contributed by atoms with Crippen molar-refractivity contribution in [2.24, 2.45) is 0 Å². The summed E-state index contributed by atoms with van der Waals surface area (Å²) in [5.74, 6) is -0.983. The van der Waals surface area contributed by atoms with Crippen LogP contribution in [0, 0.1) is 0 Å². The molecule has 1 unspecified atom stereocenters. The van der Waals surface area contributed by atoms with Gasteiger partial charge in [-0.05, 0) is 35.7 Å². The number of pyridine rings is 1. The normalized spacial score (nSPS) is 18.3. The van der Waals surface area contributed by atoms with Gasteiger partial charge in [-0.3, -0.25) is 24.7 Å². The molecule has 9 heteroatoms. The lowest BCUT2D eigenvalue weighted by atomic mass is 10.0. The fourth-order valence-electron chi connectivity index (χ4n) is 3.50. The minimum absolute atomic E-state index is 0.221. The molecule has 9 nitrogen and oxygen atoms in total. The second kappa shape index (κ2) is 7.70. The molecule has 1 saturated heterocycles. The van der Waals surface area contributed by atoms with Crippen LogP contribution in [-0.2, 0) is 22.7 Å². The molecule has 0 saturated carbocycles. The van der Waals surface area contributed by atoms with Crippen molar-refractivity contribution in [3.8, 4) is 0 Å². The van der Waals surface area contributed by atoms with Crippen molar-refractivity contribution in [1.82, 2.24) is 20.5 Å². The van der Waals surface area contributed by atoms with Gasteiger partial charge in [0.25, 0.3) is 5.91 Å². The molecular weight excluding hydrogens is 374 g/mol. The molecule has 1 atom stereocenters. The molecule has 3 heterocycles. The largest absolute Gasteiger partial charge is 0.334 e. The number of rotatable bonds is 4. The van der Waals surface area contributed by atoms with Gasteiger partial charge in [-0.2, -0.15) is 0 Å². The minimum atomic E-state index is -0.639. The highest BCUT2D eigenvalue weighted by Crippen LogP contribution is 2.28. The van der Waals surface area contributed by atoms with Gasteiger partial charge in [0.2, 0.25) is 11.8 Å². The fraction of sp³-hybridized carbons (Fsp3) is 0.250. The molecule has 4 rings (SSSR count). The average molecular weight is 393 g/mol. The summed E-state index contributed by atoms with van der Waals surface area (Å²) in [4.78, 5) is 53.7. The minimum Gasteiger partial charge on any atom is -0.334 e. The molecule has 0 bridgehead atoms. The number of hydrogen-bond donors (Lipinski definition) is 3. The van der Waals surface area contributed by atoms with E-state index in [-0.39, 0.29) is 30.8 Å². The van der Waals surface area contributed by atoms with E-state index in [9.17, 15) is 19.2 Å². The SMILES string of the molecule is O=C1CCC(N2Cc3ccc(CNC(=O)Nc4ccncc4)cc3C2=O)C(=O)N1. The fourth-order valence-corrected chi connectivity index (χ4v) is 3.50. The van der Waals surface area contributed by atoms with Gasteiger partial charge in [-0.15, -0.1) is 0 Å². The van der Waals surface area contributed by atoms with Crippen molar-refractivity contribution in [3.05, 3.63) is 59.4 Å². The number of aromatic nitrogens is 1. The number of nitrogens with one attached hydrogen (secondary N) is 3. The van der Waals surface area contributed by atoms with E-state index in [0.717, 1.165) is 11.1 Å². The lowest BCUT2D eigenvalue weighted by Crippen LogP contribution is -2.52. The van der Waals surface area contributed by atoms with Crippen LogP contribution < -0.4 is 16.0 Å². The Labute approximate surface area is 166 Å². The number of nitrogens with zero attached hydrogens (tertiary/aromatic N) is 2. The van der Waals surface area contributed by atoms with Crippen molar-refractivity contribution in [3.63, 3.8) is 0 Å². The van der Waals surface area contributed by atoms with Gasteiger partial charge in [-0.1, -0.05) is 12.1 Å². The van der Waals surface area contributed by atoms with Crippen molar-refractivity contribution in [2.45, 2.75) is 32.0 Å². The van der Waals surface area contributed by atoms with E-state index < -0.39 is 11.9 Å². The summed E-state index contributed by atoms with van der Waals surface area (Å²) in [6.45, 7) is 0.576. The highest BCUT2D eigenvalue weighted by Gasteiger charge is 2.39. The van der Waals surface area contributed by atoms with E-state index in [0.29, 0.717) is 24.2 Å². The summed E-state index contributed by atoms with van der Waals surface area (Å²) in [5, 5.41) is 7.73. The van der Waals surface area contributed by atoms with E-state index in [1.54, 1.807) is 30.6 Å². The second-order valence-electron chi connectivity index (χ2n) is 6.94. The Bertz CT molecular complexity index is 992. The number of fused-ring (bicyclic) bond motifs is 1. The Hall–Kier alpha value is -3.75. The summed E-state index contributed by atoms with van der Waals surface area (Å²) >= 11 is 0. The molecule has 1 fully saturated rings. The van der Waals surface area contributed by atoms with Gasteiger partial charge in [0.1, 0.15) is 6.04 Å². The quantitative estimate of drug-likeness (QED) is 0.674. The van der Waals surface area contributed by atoms with Gasteiger partial charge >= 0.3 is 6.03 Å². The monoisotopic (exact) mass is 393 g/mol. The third-order valence-corrected chi connectivity index (χ3v) is 4.98. The zero-order valence-corrected chi connectivity index (χ0v) is 15.5. The first kappa shape index (κ1) is 18.6. The first-order chi connectivity index (χ1) is 14.0. The summed E-state index contributed by atoms with van der Waals surface area (Å²) in [5.41, 5.74) is 2.74. The van der Waals surface area contributed by atoms with Gasteiger partial charge in [0.05, 0.1) is 0 Å². The van der Waals surface area contributed by atoms with Gasteiger partial charge in [0.15, 0.2) is 0 Å². The summed E-state index contributed by atoms with van der Waals surface area (Å²) < 4.78 is 0. The molecule has 0 aliphatic carbocycles. The number of urea groups is 1. The molecule has 2 aliphatic heterocycles. The molecule has 3 N–H and O–H groups in total. The van der Waals surface area contributed by atoms with Gasteiger partial charge in [-0.25, -0.2) is 4.79 Å². The third kappa shape index (κ3) is 3.93. The average Bonchev–Trinajstić information content (AvgIpc) is 3.03. The van der Waals surface area contributed by atoms with E-state index >= 15 is 0 Å². The van der Waals surface area contributed by atoms with E-state index in [1.165, 1.54) is 4.90 Å². The molecular formula is C20H19N5O4. The number of imide groups is 1. The lowest BCUT2D eigenvalue weighted by Gasteiger charge is -2.29. The van der Waals surface area contributed by atoms with Crippen LogP contribution in [0.4, 0.5) is 10.5 Å². The number of anilines is 1. The number of amides is 5. The van der Waals surface area contributed by atoms with Crippen LogP contribution in [0.1, 0.15) is 34.3 Å². The Morgan fingerprint density at radius 1 is 1.17 bits per heavy atom.